The molecule has 0 radical (unpaired) electrons. The number of rotatable bonds is 5. The van der Waals surface area contributed by atoms with Crippen LogP contribution in [0.1, 0.15) is 22.5 Å². The number of methoxy groups -OCH3 is 1. The fourth-order valence-electron chi connectivity index (χ4n) is 1.28. The van der Waals surface area contributed by atoms with E-state index in [2.05, 4.69) is 10.3 Å². The molecular formula is C11H15ClN2O3. The monoisotopic (exact) mass is 258 g/mol. The maximum Gasteiger partial charge on any atom is 0.261 e. The van der Waals surface area contributed by atoms with Gasteiger partial charge in [-0.1, -0.05) is 11.6 Å². The minimum atomic E-state index is -0.434. The third kappa shape index (κ3) is 3.87. The third-order valence-electron chi connectivity index (χ3n) is 2.23. The Hall–Kier alpha value is -1.33. The molecule has 0 aliphatic carbocycles. The van der Waals surface area contributed by atoms with Gasteiger partial charge >= 0.3 is 0 Å². The van der Waals surface area contributed by atoms with Crippen LogP contribution in [-0.2, 0) is 4.74 Å². The summed E-state index contributed by atoms with van der Waals surface area (Å²) in [5.41, 5.74) is 0.141. The molecule has 94 valence electrons. The van der Waals surface area contributed by atoms with E-state index in [0.717, 1.165) is 0 Å². The molecule has 0 atom stereocenters. The molecule has 6 heteroatoms. The number of H-pyrrole nitrogens is 1. The number of aromatic amines is 1. The Bertz CT molecular complexity index is 457. The second kappa shape index (κ2) is 6.42. The van der Waals surface area contributed by atoms with Gasteiger partial charge in [-0.15, -0.1) is 0 Å². The number of carbonyl (C=O) groups excluding carboxylic acids is 1. The molecule has 0 aliphatic rings. The van der Waals surface area contributed by atoms with Gasteiger partial charge in [-0.05, 0) is 19.4 Å². The molecule has 0 saturated heterocycles. The van der Waals surface area contributed by atoms with E-state index in [9.17, 15) is 9.59 Å². The van der Waals surface area contributed by atoms with Crippen molar-refractivity contribution in [2.45, 2.75) is 13.3 Å². The van der Waals surface area contributed by atoms with E-state index >= 15 is 0 Å². The van der Waals surface area contributed by atoms with Crippen LogP contribution < -0.4 is 10.9 Å². The number of aryl methyl sites for hydroxylation is 1. The summed E-state index contributed by atoms with van der Waals surface area (Å²) in [5, 5.41) is 2.99. The molecular weight excluding hydrogens is 244 g/mol. The number of hydrogen-bond acceptors (Lipinski definition) is 3. The van der Waals surface area contributed by atoms with Gasteiger partial charge in [0.2, 0.25) is 0 Å². The number of nitrogens with one attached hydrogen (secondary N) is 2. The van der Waals surface area contributed by atoms with Gasteiger partial charge in [0, 0.05) is 26.0 Å². The Balaban J connectivity index is 2.69. The second-order valence-corrected chi connectivity index (χ2v) is 3.99. The molecule has 5 nitrogen and oxygen atoms in total. The molecule has 0 bridgehead atoms. The zero-order valence-corrected chi connectivity index (χ0v) is 10.6. The summed E-state index contributed by atoms with van der Waals surface area (Å²) in [6, 6.07) is 1.38. The summed E-state index contributed by atoms with van der Waals surface area (Å²) in [6.45, 7) is 2.69. The highest BCUT2D eigenvalue weighted by Gasteiger charge is 2.11. The van der Waals surface area contributed by atoms with E-state index in [1.54, 1.807) is 14.0 Å². The Kier molecular flexibility index (Phi) is 5.18. The van der Waals surface area contributed by atoms with E-state index in [0.29, 0.717) is 30.3 Å². The van der Waals surface area contributed by atoms with Crippen LogP contribution in [0.4, 0.5) is 0 Å². The summed E-state index contributed by atoms with van der Waals surface area (Å²) >= 11 is 5.84. The predicted molar refractivity (Wildman–Crippen MR) is 65.6 cm³/mol. The van der Waals surface area contributed by atoms with E-state index in [-0.39, 0.29) is 5.56 Å². The summed E-state index contributed by atoms with van der Waals surface area (Å²) in [4.78, 5) is 25.7. The highest BCUT2D eigenvalue weighted by Crippen LogP contribution is 2.11. The number of halogens is 1. The van der Waals surface area contributed by atoms with Crippen LogP contribution in [0.25, 0.3) is 0 Å². The molecule has 0 unspecified atom stereocenters. The molecule has 1 heterocycles. The number of amides is 1. The molecule has 0 saturated carbocycles. The molecule has 2 N–H and O–H groups in total. The van der Waals surface area contributed by atoms with E-state index < -0.39 is 11.5 Å². The van der Waals surface area contributed by atoms with Crippen LogP contribution in [-0.4, -0.2) is 31.2 Å². The van der Waals surface area contributed by atoms with Gasteiger partial charge in [0.05, 0.1) is 5.02 Å². The van der Waals surface area contributed by atoms with Crippen molar-refractivity contribution < 1.29 is 9.53 Å². The van der Waals surface area contributed by atoms with Gasteiger partial charge in [0.1, 0.15) is 5.56 Å². The van der Waals surface area contributed by atoms with Crippen LogP contribution in [0.2, 0.25) is 5.02 Å². The maximum absolute atomic E-state index is 11.7. The Morgan fingerprint density at radius 3 is 2.94 bits per heavy atom. The molecule has 1 aromatic heterocycles. The van der Waals surface area contributed by atoms with Crippen molar-refractivity contribution in [2.24, 2.45) is 0 Å². The van der Waals surface area contributed by atoms with Gasteiger partial charge in [-0.2, -0.15) is 0 Å². The Morgan fingerprint density at radius 2 is 2.29 bits per heavy atom. The zero-order chi connectivity index (χ0) is 12.8. The van der Waals surface area contributed by atoms with E-state index in [1.807, 2.05) is 0 Å². The predicted octanol–water partition coefficient (Wildman–Crippen LogP) is 1.10. The normalized spacial score (nSPS) is 10.3. The lowest BCUT2D eigenvalue weighted by atomic mass is 10.2. The SMILES string of the molecule is COCCCNC(=O)c1cc(Cl)c(C)[nH]c1=O. The molecule has 0 spiro atoms. The van der Waals surface area contributed by atoms with Crippen LogP contribution in [0.3, 0.4) is 0 Å². The molecule has 0 fully saturated rings. The van der Waals surface area contributed by atoms with Crippen molar-refractivity contribution in [2.75, 3.05) is 20.3 Å². The highest BCUT2D eigenvalue weighted by atomic mass is 35.5. The average Bonchev–Trinajstić information content (AvgIpc) is 2.29. The average molecular weight is 259 g/mol. The van der Waals surface area contributed by atoms with E-state index in [4.69, 9.17) is 16.3 Å². The molecule has 17 heavy (non-hydrogen) atoms. The van der Waals surface area contributed by atoms with Crippen LogP contribution in [0.5, 0.6) is 0 Å². The quantitative estimate of drug-likeness (QED) is 0.777. The van der Waals surface area contributed by atoms with Crippen molar-refractivity contribution in [1.29, 1.82) is 0 Å². The Morgan fingerprint density at radius 1 is 1.59 bits per heavy atom. The molecule has 1 aromatic rings. The number of ether oxygens (including phenoxy) is 1. The van der Waals surface area contributed by atoms with Crippen molar-refractivity contribution in [3.63, 3.8) is 0 Å². The van der Waals surface area contributed by atoms with Gasteiger partial charge in [-0.25, -0.2) is 0 Å². The van der Waals surface area contributed by atoms with Crippen molar-refractivity contribution in [3.05, 3.63) is 32.7 Å². The van der Waals surface area contributed by atoms with Crippen molar-refractivity contribution in [1.82, 2.24) is 10.3 Å². The zero-order valence-electron chi connectivity index (χ0n) is 9.80. The first-order valence-corrected chi connectivity index (χ1v) is 5.60. The van der Waals surface area contributed by atoms with Gasteiger partial charge in [0.25, 0.3) is 11.5 Å². The number of carbonyl (C=O) groups is 1. The molecule has 1 amide bonds. The van der Waals surface area contributed by atoms with Crippen LogP contribution >= 0.6 is 11.6 Å². The lowest BCUT2D eigenvalue weighted by Gasteiger charge is -2.05. The van der Waals surface area contributed by atoms with Crippen LogP contribution in [0, 0.1) is 6.92 Å². The van der Waals surface area contributed by atoms with Gasteiger partial charge in [0.15, 0.2) is 0 Å². The molecule has 0 aliphatic heterocycles. The number of aromatic nitrogens is 1. The maximum atomic E-state index is 11.7. The van der Waals surface area contributed by atoms with Crippen LogP contribution in [0.15, 0.2) is 10.9 Å². The van der Waals surface area contributed by atoms with Crippen molar-refractivity contribution in [3.8, 4) is 0 Å². The minimum Gasteiger partial charge on any atom is -0.385 e. The highest BCUT2D eigenvalue weighted by molar-refractivity contribution is 6.31. The first-order valence-electron chi connectivity index (χ1n) is 5.23. The minimum absolute atomic E-state index is 0.0259. The largest absolute Gasteiger partial charge is 0.385 e. The molecule has 0 aromatic carbocycles. The summed E-state index contributed by atoms with van der Waals surface area (Å²) < 4.78 is 4.85. The summed E-state index contributed by atoms with van der Waals surface area (Å²) in [6.07, 6.45) is 0.694. The van der Waals surface area contributed by atoms with E-state index in [1.165, 1.54) is 6.07 Å². The number of pyridine rings is 1. The lowest BCUT2D eigenvalue weighted by Crippen LogP contribution is -2.31. The molecule has 1 rings (SSSR count). The standard InChI is InChI=1S/C11H15ClN2O3/c1-7-9(12)6-8(11(16)14-7)10(15)13-4-3-5-17-2/h6H,3-5H2,1-2H3,(H,13,15)(H,14,16). The first kappa shape index (κ1) is 13.7. The van der Waals surface area contributed by atoms with Gasteiger partial charge in [-0.3, -0.25) is 9.59 Å². The Labute approximate surface area is 104 Å². The summed E-state index contributed by atoms with van der Waals surface area (Å²) in [7, 11) is 1.59. The lowest BCUT2D eigenvalue weighted by molar-refractivity contribution is 0.0947. The van der Waals surface area contributed by atoms with Gasteiger partial charge < -0.3 is 15.0 Å². The number of hydrogen-bond donors (Lipinski definition) is 2. The smallest absolute Gasteiger partial charge is 0.261 e. The summed E-state index contributed by atoms with van der Waals surface area (Å²) in [5.74, 6) is -0.427. The van der Waals surface area contributed by atoms with Crippen molar-refractivity contribution >= 4 is 17.5 Å². The first-order chi connectivity index (χ1) is 8.06. The second-order valence-electron chi connectivity index (χ2n) is 3.59. The third-order valence-corrected chi connectivity index (χ3v) is 2.62. The topological polar surface area (TPSA) is 71.2 Å². The fourth-order valence-corrected chi connectivity index (χ4v) is 1.44. The fraction of sp³-hybridized carbons (Fsp3) is 0.455.